The number of anilines is 1. The highest BCUT2D eigenvalue weighted by Gasteiger charge is 2.25. The third-order valence-corrected chi connectivity index (χ3v) is 6.71. The van der Waals surface area contributed by atoms with Gasteiger partial charge in [0.2, 0.25) is 17.8 Å². The van der Waals surface area contributed by atoms with Crippen LogP contribution in [0.25, 0.3) is 16.9 Å². The monoisotopic (exact) mass is 554 g/mol. The molecule has 1 aliphatic rings. The van der Waals surface area contributed by atoms with Crippen LogP contribution >= 0.6 is 11.6 Å². The lowest BCUT2D eigenvalue weighted by Gasteiger charge is -2.25. The lowest BCUT2D eigenvalue weighted by Crippen LogP contribution is -2.42. The van der Waals surface area contributed by atoms with Gasteiger partial charge in [0.15, 0.2) is 11.5 Å². The summed E-state index contributed by atoms with van der Waals surface area (Å²) in [6.45, 7) is 4.94. The Morgan fingerprint density at radius 1 is 1.15 bits per heavy atom. The number of carbonyl (C=O) groups excluding carboxylic acids is 2. The molecule has 2 heterocycles. The Labute approximate surface area is 234 Å². The molecular weight excluding hydrogens is 520 g/mol. The lowest BCUT2D eigenvalue weighted by molar-refractivity contribution is -0.136. The van der Waals surface area contributed by atoms with Gasteiger partial charge >= 0.3 is 0 Å². The summed E-state index contributed by atoms with van der Waals surface area (Å²) in [6.07, 6.45) is 3.97. The molecule has 0 bridgehead atoms. The van der Waals surface area contributed by atoms with Crippen molar-refractivity contribution < 1.29 is 23.8 Å². The summed E-state index contributed by atoms with van der Waals surface area (Å²) < 4.78 is 18.4. The number of halogens is 1. The SMILES string of the molecule is COc1ccc(-n2cc(-c3ccc(Cl)cc3)nc2NC(=O)CN(C[C@H]2CCCO2)C(=O)CC(C)C)cc1OC. The zero-order valence-corrected chi connectivity index (χ0v) is 23.5. The Morgan fingerprint density at radius 3 is 2.54 bits per heavy atom. The minimum absolute atomic E-state index is 0.0563. The summed E-state index contributed by atoms with van der Waals surface area (Å²) in [4.78, 5) is 32.6. The normalized spacial score (nSPS) is 14.9. The van der Waals surface area contributed by atoms with Crippen molar-refractivity contribution in [3.05, 3.63) is 53.7 Å². The fraction of sp³-hybridized carbons (Fsp3) is 0.414. The fourth-order valence-electron chi connectivity index (χ4n) is 4.50. The zero-order valence-electron chi connectivity index (χ0n) is 22.8. The van der Waals surface area contributed by atoms with E-state index in [1.807, 2.05) is 38.2 Å². The van der Waals surface area contributed by atoms with Gasteiger partial charge in [-0.25, -0.2) is 4.98 Å². The van der Waals surface area contributed by atoms with Crippen LogP contribution < -0.4 is 14.8 Å². The van der Waals surface area contributed by atoms with E-state index in [-0.39, 0.29) is 30.4 Å². The molecule has 1 N–H and O–H groups in total. The van der Waals surface area contributed by atoms with Gasteiger partial charge in [0.1, 0.15) is 6.54 Å². The van der Waals surface area contributed by atoms with Crippen LogP contribution in [0.4, 0.5) is 5.95 Å². The standard InChI is InChI=1S/C29H35ClN4O5/c1-19(2)14-28(36)33(16-23-6-5-13-39-23)18-27(35)32-29-31-24(20-7-9-21(30)10-8-20)17-34(29)22-11-12-25(37-3)26(15-22)38-4/h7-12,15,17,19,23H,5-6,13-14,16,18H2,1-4H3,(H,31,32,35)/t23-/m1/s1. The second kappa shape index (κ2) is 13.0. The number of aromatic nitrogens is 2. The number of benzene rings is 2. The highest BCUT2D eigenvalue weighted by atomic mass is 35.5. The third kappa shape index (κ3) is 7.30. The van der Waals surface area contributed by atoms with Crippen LogP contribution in [0.5, 0.6) is 11.5 Å². The van der Waals surface area contributed by atoms with E-state index in [4.69, 9.17) is 30.8 Å². The topological polar surface area (TPSA) is 94.9 Å². The smallest absolute Gasteiger partial charge is 0.246 e. The van der Waals surface area contributed by atoms with Crippen molar-refractivity contribution >= 4 is 29.4 Å². The van der Waals surface area contributed by atoms with Gasteiger partial charge in [-0.1, -0.05) is 37.6 Å². The maximum atomic E-state index is 13.3. The molecule has 39 heavy (non-hydrogen) atoms. The molecule has 0 unspecified atom stereocenters. The number of carbonyl (C=O) groups is 2. The quantitative estimate of drug-likeness (QED) is 0.350. The maximum Gasteiger partial charge on any atom is 0.246 e. The second-order valence-corrected chi connectivity index (χ2v) is 10.4. The van der Waals surface area contributed by atoms with Crippen molar-refractivity contribution in [2.75, 3.05) is 39.2 Å². The molecule has 0 saturated carbocycles. The molecule has 10 heteroatoms. The van der Waals surface area contributed by atoms with Crippen molar-refractivity contribution in [3.63, 3.8) is 0 Å². The highest BCUT2D eigenvalue weighted by Crippen LogP contribution is 2.32. The fourth-order valence-corrected chi connectivity index (χ4v) is 4.63. The first kappa shape index (κ1) is 28.4. The lowest BCUT2D eigenvalue weighted by atomic mass is 10.1. The van der Waals surface area contributed by atoms with Gasteiger partial charge in [0.25, 0.3) is 0 Å². The van der Waals surface area contributed by atoms with Crippen molar-refractivity contribution in [1.29, 1.82) is 0 Å². The Balaban J connectivity index is 1.63. The Kier molecular flexibility index (Phi) is 9.48. The Bertz CT molecular complexity index is 1290. The molecule has 3 aromatic rings. The summed E-state index contributed by atoms with van der Waals surface area (Å²) >= 11 is 6.08. The molecule has 1 fully saturated rings. The number of hydrogen-bond donors (Lipinski definition) is 1. The first-order chi connectivity index (χ1) is 18.8. The average molecular weight is 555 g/mol. The van der Waals surface area contributed by atoms with Gasteiger partial charge in [-0.3, -0.25) is 19.5 Å². The van der Waals surface area contributed by atoms with Gasteiger partial charge in [-0.15, -0.1) is 0 Å². The van der Waals surface area contributed by atoms with E-state index in [0.717, 1.165) is 18.4 Å². The van der Waals surface area contributed by atoms with Crippen molar-refractivity contribution in [3.8, 4) is 28.4 Å². The zero-order chi connectivity index (χ0) is 27.9. The molecule has 9 nitrogen and oxygen atoms in total. The summed E-state index contributed by atoms with van der Waals surface area (Å²) in [7, 11) is 3.14. The summed E-state index contributed by atoms with van der Waals surface area (Å²) in [5.74, 6) is 1.19. The van der Waals surface area contributed by atoms with Gasteiger partial charge in [0.05, 0.1) is 31.7 Å². The average Bonchev–Trinajstić information content (AvgIpc) is 3.58. The summed E-state index contributed by atoms with van der Waals surface area (Å²) in [5, 5.41) is 3.54. The number of nitrogens with one attached hydrogen (secondary N) is 1. The molecule has 0 aliphatic carbocycles. The van der Waals surface area contributed by atoms with Gasteiger partial charge in [-0.2, -0.15) is 0 Å². The van der Waals surface area contributed by atoms with Gasteiger partial charge in [-0.05, 0) is 43.0 Å². The van der Waals surface area contributed by atoms with Crippen LogP contribution in [0, 0.1) is 5.92 Å². The van der Waals surface area contributed by atoms with E-state index in [1.54, 1.807) is 48.0 Å². The van der Waals surface area contributed by atoms with Crippen molar-refractivity contribution in [2.45, 2.75) is 39.2 Å². The molecule has 1 saturated heterocycles. The van der Waals surface area contributed by atoms with Crippen molar-refractivity contribution in [2.24, 2.45) is 5.92 Å². The van der Waals surface area contributed by atoms with Crippen LogP contribution in [-0.2, 0) is 14.3 Å². The minimum atomic E-state index is -0.347. The number of ether oxygens (including phenoxy) is 3. The van der Waals surface area contributed by atoms with Gasteiger partial charge < -0.3 is 19.1 Å². The second-order valence-electron chi connectivity index (χ2n) is 9.92. The summed E-state index contributed by atoms with van der Waals surface area (Å²) in [6, 6.07) is 12.7. The predicted octanol–water partition coefficient (Wildman–Crippen LogP) is 5.20. The van der Waals surface area contributed by atoms with Crippen molar-refractivity contribution in [1.82, 2.24) is 14.5 Å². The van der Waals surface area contributed by atoms with Gasteiger partial charge in [0, 0.05) is 42.4 Å². The molecule has 2 amide bonds. The molecule has 1 aliphatic heterocycles. The molecule has 1 aromatic heterocycles. The molecule has 208 valence electrons. The number of nitrogens with zero attached hydrogens (tertiary/aromatic N) is 3. The minimum Gasteiger partial charge on any atom is -0.493 e. The van der Waals surface area contributed by atoms with Crippen LogP contribution in [0.15, 0.2) is 48.7 Å². The predicted molar refractivity (Wildman–Crippen MR) is 151 cm³/mol. The van der Waals surface area contributed by atoms with E-state index in [2.05, 4.69) is 5.32 Å². The van der Waals surface area contributed by atoms with Crippen LogP contribution in [-0.4, -0.2) is 66.3 Å². The number of imidazole rings is 1. The van der Waals surface area contributed by atoms with E-state index in [0.29, 0.717) is 53.4 Å². The highest BCUT2D eigenvalue weighted by molar-refractivity contribution is 6.30. The van der Waals surface area contributed by atoms with E-state index in [9.17, 15) is 9.59 Å². The molecular formula is C29H35ClN4O5. The largest absolute Gasteiger partial charge is 0.493 e. The number of rotatable bonds is 11. The number of amides is 2. The van der Waals surface area contributed by atoms with Crippen LogP contribution in [0.3, 0.4) is 0 Å². The maximum absolute atomic E-state index is 13.3. The van der Waals surface area contributed by atoms with Crippen LogP contribution in [0.1, 0.15) is 33.1 Å². The first-order valence-electron chi connectivity index (χ1n) is 13.0. The number of methoxy groups -OCH3 is 2. The number of hydrogen-bond acceptors (Lipinski definition) is 6. The molecule has 1 atom stereocenters. The molecule has 4 rings (SSSR count). The van der Waals surface area contributed by atoms with E-state index < -0.39 is 0 Å². The molecule has 2 aromatic carbocycles. The molecule has 0 spiro atoms. The molecule has 0 radical (unpaired) electrons. The van der Waals surface area contributed by atoms with E-state index >= 15 is 0 Å². The first-order valence-corrected chi connectivity index (χ1v) is 13.4. The Hall–Kier alpha value is -3.56. The third-order valence-electron chi connectivity index (χ3n) is 6.46. The Morgan fingerprint density at radius 2 is 1.90 bits per heavy atom. The van der Waals surface area contributed by atoms with Crippen LogP contribution in [0.2, 0.25) is 5.02 Å². The summed E-state index contributed by atoms with van der Waals surface area (Å²) in [5.41, 5.74) is 2.19. The van der Waals surface area contributed by atoms with E-state index in [1.165, 1.54) is 0 Å².